The molecule has 0 radical (unpaired) electrons. The van der Waals surface area contributed by atoms with Crippen LogP contribution in [0.4, 0.5) is 5.69 Å². The van der Waals surface area contributed by atoms with E-state index in [4.69, 9.17) is 33.7 Å². The lowest BCUT2D eigenvalue weighted by Crippen LogP contribution is -2.49. The summed E-state index contributed by atoms with van der Waals surface area (Å²) in [5.41, 5.74) is 5.91. The first-order valence-corrected chi connectivity index (χ1v) is 8.29. The molecule has 0 bridgehead atoms. The minimum absolute atomic E-state index is 0.0649. The average molecular weight is 359 g/mol. The molecule has 1 aromatic rings. The number of hydrogen-bond donors (Lipinski definition) is 1. The number of hydrogen-bond acceptors (Lipinski definition) is 4. The van der Waals surface area contributed by atoms with Crippen LogP contribution in [-0.4, -0.2) is 35.5 Å². The molecule has 126 valence electrons. The van der Waals surface area contributed by atoms with Gasteiger partial charge in [0.1, 0.15) is 0 Å². The van der Waals surface area contributed by atoms with Gasteiger partial charge in [-0.15, -0.1) is 0 Å². The van der Waals surface area contributed by atoms with Crippen LogP contribution in [0.5, 0.6) is 0 Å². The van der Waals surface area contributed by atoms with E-state index in [2.05, 4.69) is 0 Å². The molecule has 1 saturated heterocycles. The van der Waals surface area contributed by atoms with Crippen LogP contribution in [0.1, 0.15) is 43.5 Å². The quantitative estimate of drug-likeness (QED) is 0.662. The Kier molecular flexibility index (Phi) is 5.76. The van der Waals surface area contributed by atoms with Crippen molar-refractivity contribution in [3.8, 4) is 0 Å². The van der Waals surface area contributed by atoms with Crippen LogP contribution in [-0.2, 0) is 9.53 Å². The van der Waals surface area contributed by atoms with Crippen molar-refractivity contribution in [2.24, 2.45) is 0 Å². The van der Waals surface area contributed by atoms with Gasteiger partial charge in [-0.3, -0.25) is 4.79 Å². The molecule has 2 atom stereocenters. The van der Waals surface area contributed by atoms with E-state index in [1.54, 1.807) is 4.90 Å². The van der Waals surface area contributed by atoms with E-state index in [1.165, 1.54) is 12.1 Å². The van der Waals surface area contributed by atoms with Gasteiger partial charge in [-0.05, 0) is 45.2 Å². The average Bonchev–Trinajstić information content (AvgIpc) is 2.48. The molecule has 2 rings (SSSR count). The first-order chi connectivity index (χ1) is 10.8. The molecule has 7 heteroatoms. The number of rotatable bonds is 3. The number of ether oxygens (including phenoxy) is 1. The molecular weight excluding hydrogens is 339 g/mol. The number of carbonyl (C=O) groups excluding carboxylic acids is 2. The number of esters is 1. The molecule has 1 aromatic carbocycles. The molecule has 1 fully saturated rings. The zero-order chi connectivity index (χ0) is 17.1. The largest absolute Gasteiger partial charge is 0.452 e. The Morgan fingerprint density at radius 1 is 1.26 bits per heavy atom. The van der Waals surface area contributed by atoms with E-state index in [-0.39, 0.29) is 45.9 Å². The zero-order valence-electron chi connectivity index (χ0n) is 13.1. The molecule has 5 nitrogen and oxygen atoms in total. The van der Waals surface area contributed by atoms with Crippen molar-refractivity contribution in [3.05, 3.63) is 27.7 Å². The monoisotopic (exact) mass is 358 g/mol. The standard InChI is InChI=1S/C16H20Cl2N2O3/c1-9-4-3-5-10(2)20(9)14(21)8-23-16(22)12-6-11(17)7-13(18)15(12)19/h6-7,9-10H,3-5,8,19H2,1-2H3/t9-,10-/m0/s1. The Hall–Kier alpha value is -1.46. The summed E-state index contributed by atoms with van der Waals surface area (Å²) >= 11 is 11.8. The lowest BCUT2D eigenvalue weighted by molar-refractivity contribution is -0.140. The van der Waals surface area contributed by atoms with Crippen molar-refractivity contribution in [3.63, 3.8) is 0 Å². The Balaban J connectivity index is 2.03. The number of benzene rings is 1. The molecule has 1 amide bonds. The molecule has 0 spiro atoms. The summed E-state index contributed by atoms with van der Waals surface area (Å²) in [5, 5.41) is 0.454. The van der Waals surface area contributed by atoms with E-state index >= 15 is 0 Å². The number of nitrogens with two attached hydrogens (primary N) is 1. The number of halogens is 2. The molecule has 1 heterocycles. The van der Waals surface area contributed by atoms with Gasteiger partial charge < -0.3 is 15.4 Å². The molecule has 2 N–H and O–H groups in total. The van der Waals surface area contributed by atoms with Gasteiger partial charge in [-0.2, -0.15) is 0 Å². The smallest absolute Gasteiger partial charge is 0.340 e. The van der Waals surface area contributed by atoms with Crippen molar-refractivity contribution in [2.45, 2.75) is 45.2 Å². The highest BCUT2D eigenvalue weighted by molar-refractivity contribution is 6.37. The predicted octanol–water partition coefficient (Wildman–Crippen LogP) is 3.52. The second kappa shape index (κ2) is 7.41. The van der Waals surface area contributed by atoms with Gasteiger partial charge in [0.15, 0.2) is 6.61 Å². The first kappa shape index (κ1) is 17.9. The zero-order valence-corrected chi connectivity index (χ0v) is 14.7. The second-order valence-corrected chi connectivity index (χ2v) is 6.70. The molecule has 1 aliphatic rings. The normalized spacial score (nSPS) is 21.1. The topological polar surface area (TPSA) is 72.6 Å². The molecule has 0 aliphatic carbocycles. The summed E-state index contributed by atoms with van der Waals surface area (Å²) in [6.45, 7) is 3.69. The Bertz CT molecular complexity index is 612. The van der Waals surface area contributed by atoms with Crippen molar-refractivity contribution in [1.82, 2.24) is 4.90 Å². The third-order valence-electron chi connectivity index (χ3n) is 4.12. The Morgan fingerprint density at radius 2 is 1.87 bits per heavy atom. The van der Waals surface area contributed by atoms with Crippen LogP contribution < -0.4 is 5.73 Å². The van der Waals surface area contributed by atoms with Gasteiger partial charge >= 0.3 is 5.97 Å². The summed E-state index contributed by atoms with van der Waals surface area (Å²) in [5.74, 6) is -0.915. The predicted molar refractivity (Wildman–Crippen MR) is 90.8 cm³/mol. The van der Waals surface area contributed by atoms with Gasteiger partial charge in [0, 0.05) is 17.1 Å². The van der Waals surface area contributed by atoms with Gasteiger partial charge in [-0.25, -0.2) is 4.79 Å². The first-order valence-electron chi connectivity index (χ1n) is 7.54. The SMILES string of the molecule is C[C@H]1CCC[C@H](C)N1C(=O)COC(=O)c1cc(Cl)cc(Cl)c1N. The molecule has 0 unspecified atom stereocenters. The summed E-state index contributed by atoms with van der Waals surface area (Å²) in [6.07, 6.45) is 3.02. The third-order valence-corrected chi connectivity index (χ3v) is 4.65. The molecule has 1 aliphatic heterocycles. The summed E-state index contributed by atoms with van der Waals surface area (Å²) < 4.78 is 5.10. The van der Waals surface area contributed by atoms with Crippen molar-refractivity contribution in [2.75, 3.05) is 12.3 Å². The van der Waals surface area contributed by atoms with Crippen LogP contribution in [0.25, 0.3) is 0 Å². The highest BCUT2D eigenvalue weighted by Gasteiger charge is 2.29. The van der Waals surface area contributed by atoms with Crippen LogP contribution in [0, 0.1) is 0 Å². The minimum Gasteiger partial charge on any atom is -0.452 e. The minimum atomic E-state index is -0.711. The highest BCUT2D eigenvalue weighted by Crippen LogP contribution is 2.28. The van der Waals surface area contributed by atoms with Crippen LogP contribution in [0.15, 0.2) is 12.1 Å². The molecular formula is C16H20Cl2N2O3. The number of nitrogen functional groups attached to an aromatic ring is 1. The van der Waals surface area contributed by atoms with Gasteiger partial charge in [-0.1, -0.05) is 23.2 Å². The fourth-order valence-electron chi connectivity index (χ4n) is 2.95. The molecule has 23 heavy (non-hydrogen) atoms. The maximum absolute atomic E-state index is 12.3. The number of carbonyl (C=O) groups is 2. The van der Waals surface area contributed by atoms with E-state index in [0.717, 1.165) is 19.3 Å². The summed E-state index contributed by atoms with van der Waals surface area (Å²) in [7, 11) is 0. The third kappa shape index (κ3) is 4.09. The number of nitrogens with zero attached hydrogens (tertiary/aromatic N) is 1. The fraction of sp³-hybridized carbons (Fsp3) is 0.500. The van der Waals surface area contributed by atoms with Gasteiger partial charge in [0.05, 0.1) is 16.3 Å². The summed E-state index contributed by atoms with van der Waals surface area (Å²) in [4.78, 5) is 26.3. The van der Waals surface area contributed by atoms with E-state index < -0.39 is 5.97 Å². The van der Waals surface area contributed by atoms with Gasteiger partial charge in [0.25, 0.3) is 5.91 Å². The van der Waals surface area contributed by atoms with Crippen LogP contribution in [0.2, 0.25) is 10.0 Å². The lowest BCUT2D eigenvalue weighted by atomic mass is 9.97. The van der Waals surface area contributed by atoms with Crippen molar-refractivity contribution in [1.29, 1.82) is 0 Å². The number of likely N-dealkylation sites (tertiary alicyclic amines) is 1. The van der Waals surface area contributed by atoms with Crippen molar-refractivity contribution >= 4 is 40.8 Å². The van der Waals surface area contributed by atoms with Gasteiger partial charge in [0.2, 0.25) is 0 Å². The number of amides is 1. The van der Waals surface area contributed by atoms with Crippen LogP contribution >= 0.6 is 23.2 Å². The fourth-order valence-corrected chi connectivity index (χ4v) is 3.44. The number of anilines is 1. The Labute approximate surface area is 145 Å². The maximum Gasteiger partial charge on any atom is 0.340 e. The molecule has 0 saturated carbocycles. The van der Waals surface area contributed by atoms with E-state index in [1.807, 2.05) is 13.8 Å². The lowest BCUT2D eigenvalue weighted by Gasteiger charge is -2.38. The summed E-state index contributed by atoms with van der Waals surface area (Å²) in [6, 6.07) is 3.12. The van der Waals surface area contributed by atoms with Crippen molar-refractivity contribution < 1.29 is 14.3 Å². The van der Waals surface area contributed by atoms with E-state index in [0.29, 0.717) is 0 Å². The molecule has 0 aromatic heterocycles. The number of piperidine rings is 1. The second-order valence-electron chi connectivity index (χ2n) is 5.85. The van der Waals surface area contributed by atoms with Crippen LogP contribution in [0.3, 0.4) is 0 Å². The maximum atomic E-state index is 12.3. The highest BCUT2D eigenvalue weighted by atomic mass is 35.5. The Morgan fingerprint density at radius 3 is 2.48 bits per heavy atom. The van der Waals surface area contributed by atoms with E-state index in [9.17, 15) is 9.59 Å².